The predicted octanol–water partition coefficient (Wildman–Crippen LogP) is 5.61. The fraction of sp³-hybridized carbons (Fsp3) is 0.524. The van der Waals surface area contributed by atoms with Gasteiger partial charge in [-0.15, -0.1) is 11.3 Å². The van der Waals surface area contributed by atoms with Crippen LogP contribution in [0, 0.1) is 5.41 Å². The summed E-state index contributed by atoms with van der Waals surface area (Å²) < 4.78 is 19.5. The first kappa shape index (κ1) is 20.3. The van der Waals surface area contributed by atoms with Crippen LogP contribution < -0.4 is 9.62 Å². The number of hydrogen-bond donors (Lipinski definition) is 1. The van der Waals surface area contributed by atoms with Crippen LogP contribution in [0.3, 0.4) is 0 Å². The van der Waals surface area contributed by atoms with Crippen molar-refractivity contribution < 1.29 is 4.21 Å². The van der Waals surface area contributed by atoms with Crippen LogP contribution in [0.15, 0.2) is 44.8 Å². The van der Waals surface area contributed by atoms with Crippen LogP contribution in [0.5, 0.6) is 0 Å². The van der Waals surface area contributed by atoms with Crippen LogP contribution in [0.25, 0.3) is 0 Å². The lowest BCUT2D eigenvalue weighted by molar-refractivity contribution is 0.226. The van der Waals surface area contributed by atoms with Crippen molar-refractivity contribution in [2.24, 2.45) is 5.41 Å². The zero-order valence-corrected chi connectivity index (χ0v) is 19.1. The number of rotatable bonds is 6. The van der Waals surface area contributed by atoms with Crippen molar-refractivity contribution in [3.8, 4) is 0 Å². The van der Waals surface area contributed by atoms with Crippen molar-refractivity contribution >= 4 is 45.6 Å². The molecule has 0 bridgehead atoms. The molecule has 1 atom stereocenters. The second-order valence-corrected chi connectivity index (χ2v) is 12.2. The Hall–Kier alpha value is -1.02. The monoisotopic (exact) mass is 435 g/mol. The maximum absolute atomic E-state index is 12.2. The Labute approximate surface area is 179 Å². The molecule has 1 unspecified atom stereocenters. The molecular formula is C21H29N3OS3. The average molecular weight is 436 g/mol. The van der Waals surface area contributed by atoms with Gasteiger partial charge in [-0.05, 0) is 81.4 Å². The molecule has 7 heteroatoms. The van der Waals surface area contributed by atoms with Crippen molar-refractivity contribution in [3.05, 3.63) is 36.4 Å². The lowest BCUT2D eigenvalue weighted by Gasteiger charge is -2.41. The maximum atomic E-state index is 12.2. The average Bonchev–Trinajstić information content (AvgIpc) is 3.37. The van der Waals surface area contributed by atoms with E-state index >= 15 is 0 Å². The minimum atomic E-state index is -1.07. The largest absolute Gasteiger partial charge is 0.370 e. The number of nitrogens with one attached hydrogen (secondary N) is 1. The van der Waals surface area contributed by atoms with Gasteiger partial charge in [-0.1, -0.05) is 25.0 Å². The van der Waals surface area contributed by atoms with E-state index in [1.54, 1.807) is 27.6 Å². The van der Waals surface area contributed by atoms with Gasteiger partial charge in [-0.3, -0.25) is 0 Å². The van der Waals surface area contributed by atoms with E-state index in [1.165, 1.54) is 49.9 Å². The number of anilines is 2. The Morgan fingerprint density at radius 3 is 2.50 bits per heavy atom. The molecule has 4 rings (SSSR count). The van der Waals surface area contributed by atoms with E-state index in [-0.39, 0.29) is 0 Å². The van der Waals surface area contributed by atoms with Gasteiger partial charge in [0.05, 0.1) is 15.6 Å². The van der Waals surface area contributed by atoms with Crippen LogP contribution in [0.4, 0.5) is 11.4 Å². The number of hydrogen-bond acceptors (Lipinski definition) is 5. The molecule has 0 radical (unpaired) electrons. The van der Waals surface area contributed by atoms with Gasteiger partial charge in [0.25, 0.3) is 0 Å². The molecular weight excluding hydrogens is 406 g/mol. The minimum Gasteiger partial charge on any atom is -0.370 e. The SMILES string of the molecule is CN(C)S(=O)c1ccc(SNc2ccccc2N2CCC3(CCCC3)CC2)s1. The lowest BCUT2D eigenvalue weighted by Crippen LogP contribution is -2.39. The Balaban J connectivity index is 1.40. The normalized spacial score (nSPS) is 20.0. The van der Waals surface area contributed by atoms with Crippen molar-refractivity contribution in [3.63, 3.8) is 0 Å². The summed E-state index contributed by atoms with van der Waals surface area (Å²) in [5.74, 6) is 0. The number of para-hydroxylation sites is 2. The first-order valence-corrected chi connectivity index (χ1v) is 12.8. The molecule has 1 aromatic carbocycles. The van der Waals surface area contributed by atoms with Crippen LogP contribution in [0.2, 0.25) is 0 Å². The molecule has 28 heavy (non-hydrogen) atoms. The molecule has 2 aliphatic rings. The summed E-state index contributed by atoms with van der Waals surface area (Å²) in [6, 6.07) is 12.6. The molecule has 2 fully saturated rings. The van der Waals surface area contributed by atoms with E-state index in [2.05, 4.69) is 33.9 Å². The number of piperidine rings is 1. The van der Waals surface area contributed by atoms with E-state index in [4.69, 9.17) is 0 Å². The van der Waals surface area contributed by atoms with Gasteiger partial charge in [-0.25, -0.2) is 8.51 Å². The van der Waals surface area contributed by atoms with Crippen molar-refractivity contribution in [2.75, 3.05) is 36.8 Å². The van der Waals surface area contributed by atoms with Gasteiger partial charge in [0.15, 0.2) is 0 Å². The highest BCUT2D eigenvalue weighted by atomic mass is 32.2. The zero-order valence-electron chi connectivity index (χ0n) is 16.6. The molecule has 4 nitrogen and oxygen atoms in total. The molecule has 152 valence electrons. The molecule has 1 saturated carbocycles. The molecule has 1 aromatic heterocycles. The summed E-state index contributed by atoms with van der Waals surface area (Å²) >= 11 is 3.20. The van der Waals surface area contributed by atoms with Crippen LogP contribution in [-0.2, 0) is 11.0 Å². The quantitative estimate of drug-likeness (QED) is 0.598. The van der Waals surface area contributed by atoms with Gasteiger partial charge < -0.3 is 9.62 Å². The lowest BCUT2D eigenvalue weighted by atomic mass is 9.77. The second-order valence-electron chi connectivity index (χ2n) is 8.05. The summed E-state index contributed by atoms with van der Waals surface area (Å²) in [7, 11) is 2.61. The summed E-state index contributed by atoms with van der Waals surface area (Å²) in [5, 5.41) is 0. The molecule has 1 aliphatic carbocycles. The highest BCUT2D eigenvalue weighted by molar-refractivity contribution is 8.02. The number of nitrogens with zero attached hydrogens (tertiary/aromatic N) is 2. The van der Waals surface area contributed by atoms with E-state index in [9.17, 15) is 4.21 Å². The molecule has 1 N–H and O–H groups in total. The van der Waals surface area contributed by atoms with Gasteiger partial charge in [-0.2, -0.15) is 0 Å². The molecule has 1 saturated heterocycles. The fourth-order valence-electron chi connectivity index (χ4n) is 4.42. The molecule has 2 aromatic rings. The van der Waals surface area contributed by atoms with Crippen LogP contribution in [-0.4, -0.2) is 35.7 Å². The van der Waals surface area contributed by atoms with Crippen molar-refractivity contribution in [1.29, 1.82) is 0 Å². The zero-order chi connectivity index (χ0) is 19.6. The van der Waals surface area contributed by atoms with E-state index < -0.39 is 11.0 Å². The molecule has 1 aliphatic heterocycles. The maximum Gasteiger partial charge on any atom is 0.137 e. The predicted molar refractivity (Wildman–Crippen MR) is 123 cm³/mol. The Kier molecular flexibility index (Phi) is 6.35. The summed E-state index contributed by atoms with van der Waals surface area (Å²) in [4.78, 5) is 2.55. The van der Waals surface area contributed by atoms with E-state index in [0.29, 0.717) is 5.41 Å². The third-order valence-corrected chi connectivity index (χ3v) is 9.71. The highest BCUT2D eigenvalue weighted by Gasteiger charge is 2.37. The molecule has 2 heterocycles. The fourth-order valence-corrected chi connectivity index (χ4v) is 7.67. The van der Waals surface area contributed by atoms with E-state index in [0.717, 1.165) is 21.5 Å². The Morgan fingerprint density at radius 1 is 1.07 bits per heavy atom. The van der Waals surface area contributed by atoms with Gasteiger partial charge in [0.2, 0.25) is 0 Å². The third-order valence-electron chi connectivity index (χ3n) is 6.06. The molecule has 1 spiro atoms. The van der Waals surface area contributed by atoms with Crippen LogP contribution >= 0.6 is 23.3 Å². The summed E-state index contributed by atoms with van der Waals surface area (Å²) in [6.45, 7) is 2.32. The van der Waals surface area contributed by atoms with Gasteiger partial charge in [0.1, 0.15) is 15.2 Å². The van der Waals surface area contributed by atoms with Crippen molar-refractivity contribution in [1.82, 2.24) is 4.31 Å². The number of thiophene rings is 1. The Morgan fingerprint density at radius 2 is 1.79 bits per heavy atom. The summed E-state index contributed by atoms with van der Waals surface area (Å²) in [5.41, 5.74) is 3.11. The summed E-state index contributed by atoms with van der Waals surface area (Å²) in [6.07, 6.45) is 8.39. The van der Waals surface area contributed by atoms with Gasteiger partial charge >= 0.3 is 0 Å². The topological polar surface area (TPSA) is 35.6 Å². The highest BCUT2D eigenvalue weighted by Crippen LogP contribution is 2.47. The first-order valence-electron chi connectivity index (χ1n) is 10.0. The molecule has 0 amide bonds. The minimum absolute atomic E-state index is 0.642. The number of benzene rings is 1. The first-order chi connectivity index (χ1) is 13.6. The van der Waals surface area contributed by atoms with Crippen molar-refractivity contribution in [2.45, 2.75) is 46.9 Å². The Bertz CT molecular complexity index is 820. The second kappa shape index (κ2) is 8.78. The smallest absolute Gasteiger partial charge is 0.137 e. The third kappa shape index (κ3) is 4.42. The standard InChI is InChI=1S/C21H29N3OS3/c1-23(2)28(25)20-10-9-19(26-20)27-22-17-7-3-4-8-18(17)24-15-13-21(14-16-24)11-5-6-12-21/h3-4,7-10,22H,5-6,11-16H2,1-2H3. The van der Waals surface area contributed by atoms with Crippen LogP contribution in [0.1, 0.15) is 38.5 Å². The van der Waals surface area contributed by atoms with E-state index in [1.807, 2.05) is 26.2 Å². The van der Waals surface area contributed by atoms with Gasteiger partial charge in [0, 0.05) is 13.1 Å².